The molecular formula is C18H20N2O3. The summed E-state index contributed by atoms with van der Waals surface area (Å²) in [5.41, 5.74) is -0.0514. The summed E-state index contributed by atoms with van der Waals surface area (Å²) in [6.45, 7) is 5.08. The highest BCUT2D eigenvalue weighted by molar-refractivity contribution is 5.91. The van der Waals surface area contributed by atoms with E-state index in [2.05, 4.69) is 22.1 Å². The van der Waals surface area contributed by atoms with E-state index < -0.39 is 5.60 Å². The number of furan rings is 1. The second kappa shape index (κ2) is 7.12. The molecule has 2 rings (SSSR count). The summed E-state index contributed by atoms with van der Waals surface area (Å²) < 4.78 is 5.38. The van der Waals surface area contributed by atoms with Gasteiger partial charge in [-0.2, -0.15) is 0 Å². The normalized spacial score (nSPS) is 12.2. The van der Waals surface area contributed by atoms with E-state index in [0.717, 1.165) is 5.56 Å². The van der Waals surface area contributed by atoms with Gasteiger partial charge in [0.25, 0.3) is 5.91 Å². The molecule has 120 valence electrons. The van der Waals surface area contributed by atoms with Crippen molar-refractivity contribution < 1.29 is 14.3 Å². The average Bonchev–Trinajstić information content (AvgIpc) is 2.94. The second-order valence-corrected chi connectivity index (χ2v) is 5.91. The van der Waals surface area contributed by atoms with Crippen molar-refractivity contribution in [2.75, 3.05) is 0 Å². The van der Waals surface area contributed by atoms with Gasteiger partial charge in [-0.05, 0) is 56.9 Å². The van der Waals surface area contributed by atoms with Gasteiger partial charge >= 0.3 is 0 Å². The molecule has 23 heavy (non-hydrogen) atoms. The Hall–Kier alpha value is -2.58. The van der Waals surface area contributed by atoms with Crippen molar-refractivity contribution in [1.29, 1.82) is 0 Å². The summed E-state index contributed by atoms with van der Waals surface area (Å²) in [4.78, 5) is 16.2. The molecule has 0 aliphatic carbocycles. The van der Waals surface area contributed by atoms with Gasteiger partial charge in [-0.3, -0.25) is 9.78 Å². The summed E-state index contributed by atoms with van der Waals surface area (Å²) in [5.74, 6) is 5.58. The first kappa shape index (κ1) is 16.8. The van der Waals surface area contributed by atoms with E-state index in [1.807, 2.05) is 19.1 Å². The number of carbonyl (C=O) groups is 1. The van der Waals surface area contributed by atoms with E-state index in [-0.39, 0.29) is 17.7 Å². The van der Waals surface area contributed by atoms with Crippen LogP contribution in [0.4, 0.5) is 0 Å². The maximum absolute atomic E-state index is 12.1. The molecule has 1 amide bonds. The SMILES string of the molecule is C[C@H](Cc1cccnc1)NC(=O)c1ccc(C#CC(C)(C)O)o1. The molecule has 0 aliphatic rings. The molecule has 2 aromatic heterocycles. The molecule has 0 aromatic carbocycles. The van der Waals surface area contributed by atoms with Gasteiger partial charge in [0, 0.05) is 18.4 Å². The Kier molecular flexibility index (Phi) is 5.20. The lowest BCUT2D eigenvalue weighted by atomic mass is 10.1. The summed E-state index contributed by atoms with van der Waals surface area (Å²) in [6.07, 6.45) is 4.18. The number of aliphatic hydroxyl groups is 1. The van der Waals surface area contributed by atoms with E-state index in [1.165, 1.54) is 0 Å². The van der Waals surface area contributed by atoms with Gasteiger partial charge in [0.2, 0.25) is 0 Å². The third-order valence-electron chi connectivity index (χ3n) is 2.96. The smallest absolute Gasteiger partial charge is 0.287 e. The number of hydrogen-bond donors (Lipinski definition) is 2. The quantitative estimate of drug-likeness (QED) is 0.848. The molecule has 0 saturated carbocycles. The molecule has 0 radical (unpaired) electrons. The number of nitrogens with zero attached hydrogens (tertiary/aromatic N) is 1. The zero-order valence-corrected chi connectivity index (χ0v) is 13.5. The largest absolute Gasteiger partial charge is 0.443 e. The number of nitrogens with one attached hydrogen (secondary N) is 1. The van der Waals surface area contributed by atoms with Gasteiger partial charge in [0.15, 0.2) is 11.5 Å². The first-order valence-corrected chi connectivity index (χ1v) is 7.38. The molecule has 0 bridgehead atoms. The fourth-order valence-electron chi connectivity index (χ4n) is 1.96. The number of hydrogen-bond acceptors (Lipinski definition) is 4. The minimum atomic E-state index is -1.10. The van der Waals surface area contributed by atoms with Crippen molar-refractivity contribution in [3.8, 4) is 11.8 Å². The van der Waals surface area contributed by atoms with Crippen LogP contribution >= 0.6 is 0 Å². The first-order chi connectivity index (χ1) is 10.8. The Morgan fingerprint density at radius 1 is 1.43 bits per heavy atom. The topological polar surface area (TPSA) is 75.4 Å². The summed E-state index contributed by atoms with van der Waals surface area (Å²) in [7, 11) is 0. The maximum Gasteiger partial charge on any atom is 0.287 e. The van der Waals surface area contributed by atoms with Gasteiger partial charge in [-0.15, -0.1) is 0 Å². The van der Waals surface area contributed by atoms with E-state index in [9.17, 15) is 9.90 Å². The van der Waals surface area contributed by atoms with E-state index in [4.69, 9.17) is 4.42 Å². The molecule has 0 spiro atoms. The lowest BCUT2D eigenvalue weighted by molar-refractivity contribution is 0.0911. The Morgan fingerprint density at radius 2 is 2.22 bits per heavy atom. The minimum absolute atomic E-state index is 0.0530. The molecule has 0 fully saturated rings. The maximum atomic E-state index is 12.1. The highest BCUT2D eigenvalue weighted by Gasteiger charge is 2.14. The fraction of sp³-hybridized carbons (Fsp3) is 0.333. The standard InChI is InChI=1S/C18H20N2O3/c1-13(11-14-5-4-10-19-12-14)20-17(21)16-7-6-15(23-16)8-9-18(2,3)22/h4-7,10,12-13,22H,11H2,1-3H3,(H,20,21)/t13-/m1/s1. The predicted octanol–water partition coefficient (Wildman–Crippen LogP) is 2.16. The molecule has 2 aromatic rings. The highest BCUT2D eigenvalue weighted by atomic mass is 16.3. The number of carbonyl (C=O) groups excluding carboxylic acids is 1. The van der Waals surface area contributed by atoms with Crippen molar-refractivity contribution in [3.05, 3.63) is 53.7 Å². The lowest BCUT2D eigenvalue weighted by Gasteiger charge is -2.12. The molecule has 5 heteroatoms. The van der Waals surface area contributed by atoms with Crippen molar-refractivity contribution in [3.63, 3.8) is 0 Å². The number of pyridine rings is 1. The zero-order valence-electron chi connectivity index (χ0n) is 13.5. The van der Waals surface area contributed by atoms with Crippen LogP contribution in [0.1, 0.15) is 42.6 Å². The summed E-state index contributed by atoms with van der Waals surface area (Å²) >= 11 is 0. The zero-order chi connectivity index (χ0) is 16.9. The van der Waals surface area contributed by atoms with Crippen LogP contribution in [0.15, 0.2) is 41.1 Å². The van der Waals surface area contributed by atoms with Crippen LogP contribution in [0, 0.1) is 11.8 Å². The van der Waals surface area contributed by atoms with Gasteiger partial charge in [-0.1, -0.05) is 12.0 Å². The minimum Gasteiger partial charge on any atom is -0.443 e. The monoisotopic (exact) mass is 312 g/mol. The molecule has 5 nitrogen and oxygen atoms in total. The van der Waals surface area contributed by atoms with Crippen LogP contribution < -0.4 is 5.32 Å². The van der Waals surface area contributed by atoms with Crippen molar-refractivity contribution in [2.45, 2.75) is 38.8 Å². The van der Waals surface area contributed by atoms with E-state index >= 15 is 0 Å². The molecule has 1 atom stereocenters. The second-order valence-electron chi connectivity index (χ2n) is 5.91. The van der Waals surface area contributed by atoms with Crippen molar-refractivity contribution >= 4 is 5.91 Å². The van der Waals surface area contributed by atoms with Crippen LogP contribution in [-0.2, 0) is 6.42 Å². The lowest BCUT2D eigenvalue weighted by Crippen LogP contribution is -2.33. The molecular weight excluding hydrogens is 292 g/mol. The molecule has 2 N–H and O–H groups in total. The molecule has 0 aliphatic heterocycles. The van der Waals surface area contributed by atoms with E-state index in [1.54, 1.807) is 38.4 Å². The van der Waals surface area contributed by atoms with Crippen molar-refractivity contribution in [1.82, 2.24) is 10.3 Å². The summed E-state index contributed by atoms with van der Waals surface area (Å²) in [5, 5.41) is 12.4. The van der Waals surface area contributed by atoms with Gasteiger partial charge in [0.05, 0.1) is 0 Å². The predicted molar refractivity (Wildman–Crippen MR) is 86.8 cm³/mol. The van der Waals surface area contributed by atoms with Gasteiger partial charge in [0.1, 0.15) is 5.60 Å². The van der Waals surface area contributed by atoms with Crippen LogP contribution in [0.3, 0.4) is 0 Å². The Balaban J connectivity index is 1.95. The molecule has 2 heterocycles. The van der Waals surface area contributed by atoms with Crippen LogP contribution in [0.2, 0.25) is 0 Å². The number of amides is 1. The Morgan fingerprint density at radius 3 is 2.87 bits per heavy atom. The Bertz CT molecular complexity index is 718. The highest BCUT2D eigenvalue weighted by Crippen LogP contribution is 2.09. The van der Waals surface area contributed by atoms with Gasteiger partial charge in [-0.25, -0.2) is 0 Å². The summed E-state index contributed by atoms with van der Waals surface area (Å²) in [6, 6.07) is 6.96. The van der Waals surface area contributed by atoms with Gasteiger partial charge < -0.3 is 14.8 Å². The average molecular weight is 312 g/mol. The Labute approximate surface area is 135 Å². The number of rotatable bonds is 4. The van der Waals surface area contributed by atoms with Crippen LogP contribution in [0.5, 0.6) is 0 Å². The third kappa shape index (κ3) is 5.61. The first-order valence-electron chi connectivity index (χ1n) is 7.38. The van der Waals surface area contributed by atoms with E-state index in [0.29, 0.717) is 12.2 Å². The van der Waals surface area contributed by atoms with Crippen molar-refractivity contribution in [2.24, 2.45) is 0 Å². The molecule has 0 saturated heterocycles. The van der Waals surface area contributed by atoms with Crippen LogP contribution in [-0.4, -0.2) is 27.6 Å². The third-order valence-corrected chi connectivity index (χ3v) is 2.96. The van der Waals surface area contributed by atoms with Crippen LogP contribution in [0.25, 0.3) is 0 Å². The molecule has 0 unspecified atom stereocenters. The fourth-order valence-corrected chi connectivity index (χ4v) is 1.96. The number of aromatic nitrogens is 1.